The summed E-state index contributed by atoms with van der Waals surface area (Å²) in [5.74, 6) is 0.819. The highest BCUT2D eigenvalue weighted by molar-refractivity contribution is 4.86. The third-order valence-electron chi connectivity index (χ3n) is 3.58. The number of hydrogen-bond acceptors (Lipinski definition) is 1. The van der Waals surface area contributed by atoms with Crippen molar-refractivity contribution in [3.05, 3.63) is 0 Å². The van der Waals surface area contributed by atoms with E-state index in [4.69, 9.17) is 0 Å². The molecule has 0 aromatic heterocycles. The lowest BCUT2D eigenvalue weighted by Gasteiger charge is -2.38. The predicted octanol–water partition coefficient (Wildman–Crippen LogP) is 3.45. The molecular weight excluding hydrogens is 158 g/mol. The average molecular weight is 185 g/mol. The highest BCUT2D eigenvalue weighted by Gasteiger charge is 2.31. The van der Waals surface area contributed by atoms with E-state index in [9.17, 15) is 0 Å². The van der Waals surface area contributed by atoms with Crippen LogP contribution in [0.2, 0.25) is 0 Å². The first-order valence-electron chi connectivity index (χ1n) is 5.70. The van der Waals surface area contributed by atoms with Crippen molar-refractivity contribution in [3.63, 3.8) is 0 Å². The molecule has 0 saturated heterocycles. The van der Waals surface area contributed by atoms with E-state index in [0.29, 0.717) is 11.5 Å². The summed E-state index contributed by atoms with van der Waals surface area (Å²) in [6.07, 6.45) is 3.81. The molecule has 0 aromatic carbocycles. The third-order valence-corrected chi connectivity index (χ3v) is 3.58. The van der Waals surface area contributed by atoms with Gasteiger partial charge in [-0.25, -0.2) is 0 Å². The Morgan fingerprint density at radius 3 is 1.77 bits per heavy atom. The molecule has 0 saturated carbocycles. The van der Waals surface area contributed by atoms with Crippen LogP contribution in [0.5, 0.6) is 0 Å². The van der Waals surface area contributed by atoms with Crippen LogP contribution in [0.3, 0.4) is 0 Å². The molecule has 0 spiro atoms. The van der Waals surface area contributed by atoms with Crippen molar-refractivity contribution in [1.82, 2.24) is 5.32 Å². The molecule has 1 atom stereocenters. The molecule has 0 rings (SSSR count). The third kappa shape index (κ3) is 3.30. The van der Waals surface area contributed by atoms with Gasteiger partial charge >= 0.3 is 0 Å². The molecule has 1 nitrogen and oxygen atoms in total. The van der Waals surface area contributed by atoms with Crippen molar-refractivity contribution >= 4 is 0 Å². The van der Waals surface area contributed by atoms with E-state index >= 15 is 0 Å². The molecule has 0 aliphatic carbocycles. The summed E-state index contributed by atoms with van der Waals surface area (Å²) in [5, 5.41) is 3.50. The van der Waals surface area contributed by atoms with Crippen LogP contribution in [0, 0.1) is 11.3 Å². The Kier molecular flexibility index (Phi) is 5.62. The van der Waals surface area contributed by atoms with Crippen molar-refractivity contribution in [3.8, 4) is 0 Å². The van der Waals surface area contributed by atoms with Crippen molar-refractivity contribution in [2.45, 2.75) is 59.9 Å². The van der Waals surface area contributed by atoms with Gasteiger partial charge in [-0.05, 0) is 24.8 Å². The zero-order chi connectivity index (χ0) is 10.5. The van der Waals surface area contributed by atoms with E-state index in [1.54, 1.807) is 0 Å². The highest BCUT2D eigenvalue weighted by Crippen LogP contribution is 2.32. The van der Waals surface area contributed by atoms with E-state index in [-0.39, 0.29) is 0 Å². The molecule has 0 bridgehead atoms. The van der Waals surface area contributed by atoms with Gasteiger partial charge < -0.3 is 5.32 Å². The first-order chi connectivity index (χ1) is 6.03. The van der Waals surface area contributed by atoms with Gasteiger partial charge in [0.25, 0.3) is 0 Å². The first kappa shape index (κ1) is 13.0. The van der Waals surface area contributed by atoms with Gasteiger partial charge in [-0.1, -0.05) is 47.5 Å². The molecule has 13 heavy (non-hydrogen) atoms. The molecular formula is C12H27N. The van der Waals surface area contributed by atoms with E-state index in [0.717, 1.165) is 5.92 Å². The van der Waals surface area contributed by atoms with Gasteiger partial charge in [0.1, 0.15) is 0 Å². The summed E-state index contributed by atoms with van der Waals surface area (Å²) >= 11 is 0. The first-order valence-corrected chi connectivity index (χ1v) is 5.70. The topological polar surface area (TPSA) is 12.0 Å². The molecule has 0 aliphatic rings. The zero-order valence-electron chi connectivity index (χ0n) is 10.3. The SMILES string of the molecule is CCC(CC)C(NC)C(C)(C)CC. The number of hydrogen-bond donors (Lipinski definition) is 1. The fourth-order valence-electron chi connectivity index (χ4n) is 2.24. The van der Waals surface area contributed by atoms with Crippen LogP contribution in [0.15, 0.2) is 0 Å². The monoisotopic (exact) mass is 185 g/mol. The second-order valence-electron chi connectivity index (χ2n) is 4.69. The molecule has 0 amide bonds. The molecule has 80 valence electrons. The maximum atomic E-state index is 3.50. The van der Waals surface area contributed by atoms with Gasteiger partial charge in [0, 0.05) is 6.04 Å². The van der Waals surface area contributed by atoms with Crippen LogP contribution in [0.25, 0.3) is 0 Å². The van der Waals surface area contributed by atoms with Gasteiger partial charge in [0.05, 0.1) is 0 Å². The molecule has 0 aliphatic heterocycles. The summed E-state index contributed by atoms with van der Waals surface area (Å²) in [6.45, 7) is 11.6. The molecule has 0 aromatic rings. The summed E-state index contributed by atoms with van der Waals surface area (Å²) in [6, 6.07) is 0.660. The zero-order valence-corrected chi connectivity index (χ0v) is 10.3. The van der Waals surface area contributed by atoms with E-state index in [2.05, 4.69) is 47.0 Å². The lowest BCUT2D eigenvalue weighted by molar-refractivity contribution is 0.168. The van der Waals surface area contributed by atoms with E-state index in [1.807, 2.05) is 0 Å². The van der Waals surface area contributed by atoms with Crippen LogP contribution >= 0.6 is 0 Å². The van der Waals surface area contributed by atoms with Crippen LogP contribution in [0.1, 0.15) is 53.9 Å². The second kappa shape index (κ2) is 5.64. The van der Waals surface area contributed by atoms with Crippen LogP contribution < -0.4 is 5.32 Å². The van der Waals surface area contributed by atoms with Crippen molar-refractivity contribution in [2.75, 3.05) is 7.05 Å². The standard InChI is InChI=1S/C12H27N/c1-7-10(8-2)11(13-6)12(4,5)9-3/h10-11,13H,7-9H2,1-6H3. The maximum absolute atomic E-state index is 3.50. The van der Waals surface area contributed by atoms with Crippen LogP contribution in [0.4, 0.5) is 0 Å². The number of rotatable bonds is 6. The smallest absolute Gasteiger partial charge is 0.0143 e. The molecule has 0 heterocycles. The molecule has 1 heteroatoms. The Morgan fingerprint density at radius 1 is 1.08 bits per heavy atom. The summed E-state index contributed by atoms with van der Waals surface area (Å²) in [7, 11) is 2.10. The minimum absolute atomic E-state index is 0.422. The quantitative estimate of drug-likeness (QED) is 0.668. The lowest BCUT2D eigenvalue weighted by atomic mass is 9.74. The van der Waals surface area contributed by atoms with Crippen molar-refractivity contribution in [2.24, 2.45) is 11.3 Å². The fourth-order valence-corrected chi connectivity index (χ4v) is 2.24. The highest BCUT2D eigenvalue weighted by atomic mass is 14.9. The average Bonchev–Trinajstić information content (AvgIpc) is 2.13. The van der Waals surface area contributed by atoms with Crippen molar-refractivity contribution in [1.29, 1.82) is 0 Å². The van der Waals surface area contributed by atoms with Gasteiger partial charge in [-0.2, -0.15) is 0 Å². The van der Waals surface area contributed by atoms with E-state index in [1.165, 1.54) is 19.3 Å². The number of nitrogens with one attached hydrogen (secondary N) is 1. The lowest BCUT2D eigenvalue weighted by Crippen LogP contribution is -2.45. The Hall–Kier alpha value is -0.0400. The van der Waals surface area contributed by atoms with Gasteiger partial charge in [0.15, 0.2) is 0 Å². The van der Waals surface area contributed by atoms with Crippen molar-refractivity contribution < 1.29 is 0 Å². The van der Waals surface area contributed by atoms with Gasteiger partial charge in [-0.3, -0.25) is 0 Å². The predicted molar refractivity (Wildman–Crippen MR) is 61.0 cm³/mol. The molecule has 0 radical (unpaired) electrons. The molecule has 0 fully saturated rings. The summed E-state index contributed by atoms with van der Waals surface area (Å²) in [4.78, 5) is 0. The largest absolute Gasteiger partial charge is 0.316 e. The summed E-state index contributed by atoms with van der Waals surface area (Å²) < 4.78 is 0. The fraction of sp³-hybridized carbons (Fsp3) is 1.00. The maximum Gasteiger partial charge on any atom is 0.0143 e. The van der Waals surface area contributed by atoms with Gasteiger partial charge in [0.2, 0.25) is 0 Å². The minimum atomic E-state index is 0.422. The Balaban J connectivity index is 4.46. The Labute approximate surface area is 84.3 Å². The normalized spacial score (nSPS) is 15.0. The van der Waals surface area contributed by atoms with Crippen LogP contribution in [-0.4, -0.2) is 13.1 Å². The Bertz CT molecular complexity index is 125. The second-order valence-corrected chi connectivity index (χ2v) is 4.69. The molecule has 1 N–H and O–H groups in total. The Morgan fingerprint density at radius 2 is 1.54 bits per heavy atom. The molecule has 1 unspecified atom stereocenters. The van der Waals surface area contributed by atoms with E-state index < -0.39 is 0 Å². The van der Waals surface area contributed by atoms with Gasteiger partial charge in [-0.15, -0.1) is 0 Å². The van der Waals surface area contributed by atoms with Crippen LogP contribution in [-0.2, 0) is 0 Å². The minimum Gasteiger partial charge on any atom is -0.316 e. The summed E-state index contributed by atoms with van der Waals surface area (Å²) in [5.41, 5.74) is 0.422.